The van der Waals surface area contributed by atoms with Crippen molar-refractivity contribution in [2.75, 3.05) is 0 Å². The molecule has 0 bridgehead atoms. The number of carbonyl (C=O) groups is 1. The number of amides is 1. The molecule has 1 rings (SSSR count). The van der Waals surface area contributed by atoms with E-state index in [0.717, 1.165) is 0 Å². The summed E-state index contributed by atoms with van der Waals surface area (Å²) in [5, 5.41) is 27.5. The third kappa shape index (κ3) is 2.31. The number of aliphatic hydroxyl groups is 2. The summed E-state index contributed by atoms with van der Waals surface area (Å²) in [4.78, 5) is 10.6. The highest BCUT2D eigenvalue weighted by atomic mass is 16.3. The van der Waals surface area contributed by atoms with Crippen LogP contribution in [0.25, 0.3) is 0 Å². The fourth-order valence-corrected chi connectivity index (χ4v) is 1.18. The van der Waals surface area contributed by atoms with Crippen molar-refractivity contribution in [3.8, 4) is 6.07 Å². The van der Waals surface area contributed by atoms with Crippen molar-refractivity contribution >= 4 is 5.91 Å². The molecule has 0 aliphatic heterocycles. The van der Waals surface area contributed by atoms with Gasteiger partial charge in [0.05, 0.1) is 11.6 Å². The number of hydrogen-bond donors (Lipinski definition) is 3. The molecule has 5 nitrogen and oxygen atoms in total. The number of nitrogens with zero attached hydrogens (tertiary/aromatic N) is 1. The first-order valence-corrected chi connectivity index (χ1v) is 4.22. The van der Waals surface area contributed by atoms with Crippen LogP contribution in [0.1, 0.15) is 17.2 Å². The smallest absolute Gasteiger partial charge is 0.249 e. The van der Waals surface area contributed by atoms with Crippen LogP contribution in [0.4, 0.5) is 0 Å². The van der Waals surface area contributed by atoms with Crippen LogP contribution in [-0.4, -0.2) is 22.2 Å². The van der Waals surface area contributed by atoms with E-state index in [1.54, 1.807) is 12.1 Å². The highest BCUT2D eigenvalue weighted by Crippen LogP contribution is 2.20. The van der Waals surface area contributed by atoms with Gasteiger partial charge >= 0.3 is 0 Å². The second kappa shape index (κ2) is 4.55. The first-order chi connectivity index (χ1) is 7.07. The Morgan fingerprint density at radius 2 is 2.00 bits per heavy atom. The molecule has 0 fully saturated rings. The lowest BCUT2D eigenvalue weighted by Gasteiger charge is -2.15. The number of carbonyl (C=O) groups excluding carboxylic acids is 1. The van der Waals surface area contributed by atoms with E-state index in [0.29, 0.717) is 0 Å². The average Bonchev–Trinajstić information content (AvgIpc) is 2.26. The van der Waals surface area contributed by atoms with E-state index in [1.165, 1.54) is 12.1 Å². The summed E-state index contributed by atoms with van der Waals surface area (Å²) in [5.41, 5.74) is 5.22. The van der Waals surface area contributed by atoms with Crippen molar-refractivity contribution in [3.05, 3.63) is 35.4 Å². The van der Waals surface area contributed by atoms with Gasteiger partial charge in [-0.2, -0.15) is 5.26 Å². The highest BCUT2D eigenvalue weighted by molar-refractivity contribution is 5.79. The minimum atomic E-state index is -1.71. The summed E-state index contributed by atoms with van der Waals surface area (Å²) >= 11 is 0. The molecule has 15 heavy (non-hydrogen) atoms. The van der Waals surface area contributed by atoms with Gasteiger partial charge in [0, 0.05) is 5.56 Å². The van der Waals surface area contributed by atoms with Gasteiger partial charge in [-0.15, -0.1) is 0 Å². The maximum atomic E-state index is 10.6. The lowest BCUT2D eigenvalue weighted by Crippen LogP contribution is -2.34. The van der Waals surface area contributed by atoms with Gasteiger partial charge in [-0.25, -0.2) is 0 Å². The molecule has 0 spiro atoms. The van der Waals surface area contributed by atoms with Crippen LogP contribution in [-0.2, 0) is 4.79 Å². The van der Waals surface area contributed by atoms with Crippen LogP contribution in [0.2, 0.25) is 0 Å². The Labute approximate surface area is 86.4 Å². The predicted molar refractivity (Wildman–Crippen MR) is 51.3 cm³/mol. The van der Waals surface area contributed by atoms with E-state index >= 15 is 0 Å². The Kier molecular flexibility index (Phi) is 3.39. The van der Waals surface area contributed by atoms with Gasteiger partial charge < -0.3 is 15.9 Å². The first-order valence-electron chi connectivity index (χ1n) is 4.22. The highest BCUT2D eigenvalue weighted by Gasteiger charge is 2.25. The predicted octanol–water partition coefficient (Wildman–Crippen LogP) is -0.562. The van der Waals surface area contributed by atoms with Gasteiger partial charge in [-0.1, -0.05) is 18.2 Å². The molecule has 2 atom stereocenters. The Hall–Kier alpha value is -1.90. The molecule has 1 amide bonds. The number of benzene rings is 1. The Morgan fingerprint density at radius 1 is 1.40 bits per heavy atom. The zero-order chi connectivity index (χ0) is 11.4. The molecule has 0 radical (unpaired) electrons. The van der Waals surface area contributed by atoms with Crippen LogP contribution >= 0.6 is 0 Å². The van der Waals surface area contributed by atoms with Crippen molar-refractivity contribution in [1.29, 1.82) is 5.26 Å². The normalized spacial score (nSPS) is 13.9. The molecule has 0 saturated carbocycles. The van der Waals surface area contributed by atoms with Crippen molar-refractivity contribution in [3.63, 3.8) is 0 Å². The fraction of sp³-hybridized carbons (Fsp3) is 0.200. The molecule has 0 heterocycles. The van der Waals surface area contributed by atoms with Crippen molar-refractivity contribution in [2.45, 2.75) is 12.2 Å². The summed E-state index contributed by atoms with van der Waals surface area (Å²) in [6.45, 7) is 0. The van der Waals surface area contributed by atoms with Crippen LogP contribution in [0.15, 0.2) is 24.3 Å². The Balaban J connectivity index is 3.06. The van der Waals surface area contributed by atoms with Crippen LogP contribution < -0.4 is 5.73 Å². The molecule has 1 aromatic carbocycles. The van der Waals surface area contributed by atoms with Gasteiger partial charge in [0.2, 0.25) is 5.91 Å². The minimum absolute atomic E-state index is 0.186. The quantitative estimate of drug-likeness (QED) is 0.615. The lowest BCUT2D eigenvalue weighted by atomic mass is 9.99. The van der Waals surface area contributed by atoms with Crippen LogP contribution in [0, 0.1) is 11.3 Å². The third-order valence-corrected chi connectivity index (χ3v) is 1.99. The van der Waals surface area contributed by atoms with Gasteiger partial charge in [0.25, 0.3) is 0 Å². The molecular weight excluding hydrogens is 196 g/mol. The zero-order valence-corrected chi connectivity index (χ0v) is 7.79. The summed E-state index contributed by atoms with van der Waals surface area (Å²) < 4.78 is 0. The Morgan fingerprint density at radius 3 is 2.53 bits per heavy atom. The summed E-state index contributed by atoms with van der Waals surface area (Å²) in [6.07, 6.45) is -3.18. The monoisotopic (exact) mass is 206 g/mol. The zero-order valence-electron chi connectivity index (χ0n) is 7.79. The summed E-state index contributed by atoms with van der Waals surface area (Å²) in [5.74, 6) is -1.03. The van der Waals surface area contributed by atoms with Gasteiger partial charge in [0.15, 0.2) is 6.10 Å². The van der Waals surface area contributed by atoms with E-state index in [2.05, 4.69) is 0 Å². The number of primary amides is 1. The number of nitrogens with two attached hydrogens (primary N) is 1. The molecular formula is C10H10N2O3. The molecule has 0 saturated heterocycles. The molecule has 4 N–H and O–H groups in total. The second-order valence-electron chi connectivity index (χ2n) is 2.99. The van der Waals surface area contributed by atoms with E-state index in [-0.39, 0.29) is 11.1 Å². The number of hydrogen-bond acceptors (Lipinski definition) is 4. The summed E-state index contributed by atoms with van der Waals surface area (Å²) in [6, 6.07) is 7.99. The molecule has 0 aliphatic rings. The molecule has 78 valence electrons. The average molecular weight is 206 g/mol. The van der Waals surface area contributed by atoms with Gasteiger partial charge in [-0.05, 0) is 6.07 Å². The van der Waals surface area contributed by atoms with Crippen molar-refractivity contribution in [2.24, 2.45) is 5.73 Å². The second-order valence-corrected chi connectivity index (χ2v) is 2.99. The Bertz CT molecular complexity index is 411. The third-order valence-electron chi connectivity index (χ3n) is 1.99. The molecule has 1 aromatic rings. The molecule has 5 heteroatoms. The number of rotatable bonds is 3. The maximum Gasteiger partial charge on any atom is 0.249 e. The van der Waals surface area contributed by atoms with Crippen molar-refractivity contribution in [1.82, 2.24) is 0 Å². The van der Waals surface area contributed by atoms with E-state index in [9.17, 15) is 15.0 Å². The van der Waals surface area contributed by atoms with E-state index in [4.69, 9.17) is 11.0 Å². The standard InChI is InChI=1S/C10H10N2O3/c11-5-6-3-1-2-4-7(6)8(13)9(14)10(12)15/h1-4,8-9,13-14H,(H2,12,15). The fourth-order valence-electron chi connectivity index (χ4n) is 1.18. The maximum absolute atomic E-state index is 10.6. The van der Waals surface area contributed by atoms with Gasteiger partial charge in [-0.3, -0.25) is 4.79 Å². The molecule has 2 unspecified atom stereocenters. The molecule has 0 aliphatic carbocycles. The van der Waals surface area contributed by atoms with Crippen molar-refractivity contribution < 1.29 is 15.0 Å². The first kappa shape index (κ1) is 11.2. The molecule has 0 aromatic heterocycles. The largest absolute Gasteiger partial charge is 0.385 e. The minimum Gasteiger partial charge on any atom is -0.385 e. The van der Waals surface area contributed by atoms with E-state index in [1.807, 2.05) is 6.07 Å². The topological polar surface area (TPSA) is 107 Å². The van der Waals surface area contributed by atoms with Crippen LogP contribution in [0.3, 0.4) is 0 Å². The summed E-state index contributed by atoms with van der Waals surface area (Å²) in [7, 11) is 0. The van der Waals surface area contributed by atoms with E-state index < -0.39 is 18.1 Å². The number of nitriles is 1. The number of aliphatic hydroxyl groups excluding tert-OH is 2. The van der Waals surface area contributed by atoms with Crippen LogP contribution in [0.5, 0.6) is 0 Å². The lowest BCUT2D eigenvalue weighted by molar-refractivity contribution is -0.131. The SMILES string of the molecule is N#Cc1ccccc1C(O)C(O)C(N)=O. The van der Waals surface area contributed by atoms with Gasteiger partial charge in [0.1, 0.15) is 6.10 Å².